The lowest BCUT2D eigenvalue weighted by atomic mass is 10.1. The summed E-state index contributed by atoms with van der Waals surface area (Å²) in [6, 6.07) is 4.44. The second kappa shape index (κ2) is 5.53. The second-order valence-electron chi connectivity index (χ2n) is 5.00. The lowest BCUT2D eigenvalue weighted by Crippen LogP contribution is -2.10. The summed E-state index contributed by atoms with van der Waals surface area (Å²) in [6.07, 6.45) is 3.25. The molecule has 1 aromatic carbocycles. The van der Waals surface area contributed by atoms with Gasteiger partial charge in [0.15, 0.2) is 0 Å². The van der Waals surface area contributed by atoms with E-state index in [9.17, 15) is 0 Å². The van der Waals surface area contributed by atoms with Crippen molar-refractivity contribution in [3.8, 4) is 0 Å². The summed E-state index contributed by atoms with van der Waals surface area (Å²) in [4.78, 5) is 4.74. The Hall–Kier alpha value is -1.35. The Bertz CT molecular complexity index is 540. The normalized spacial score (nSPS) is 11.3. The van der Waals surface area contributed by atoms with Gasteiger partial charge >= 0.3 is 0 Å². The first-order chi connectivity index (χ1) is 8.67. The van der Waals surface area contributed by atoms with Gasteiger partial charge in [0.2, 0.25) is 0 Å². The molecule has 0 aliphatic carbocycles. The minimum Gasteiger partial charge on any atom is -0.330 e. The van der Waals surface area contributed by atoms with E-state index >= 15 is 0 Å². The number of aromatic nitrogens is 2. The fourth-order valence-electron chi connectivity index (χ4n) is 2.32. The highest BCUT2D eigenvalue weighted by Gasteiger charge is 2.10. The number of nitrogens with zero attached hydrogens (tertiary/aromatic N) is 2. The average Bonchev–Trinajstić information content (AvgIpc) is 2.65. The Morgan fingerprint density at radius 1 is 1.22 bits per heavy atom. The third kappa shape index (κ3) is 2.41. The maximum atomic E-state index is 5.69. The first-order valence-corrected chi connectivity index (χ1v) is 6.83. The van der Waals surface area contributed by atoms with Crippen LogP contribution in [0.15, 0.2) is 12.1 Å². The summed E-state index contributed by atoms with van der Waals surface area (Å²) in [5, 5.41) is 0. The molecule has 0 bridgehead atoms. The Kier molecular flexibility index (Phi) is 4.02. The van der Waals surface area contributed by atoms with E-state index < -0.39 is 0 Å². The van der Waals surface area contributed by atoms with Crippen LogP contribution in [-0.2, 0) is 13.0 Å². The zero-order valence-electron chi connectivity index (χ0n) is 11.7. The summed E-state index contributed by atoms with van der Waals surface area (Å²) < 4.78 is 2.35. The van der Waals surface area contributed by atoms with Crippen molar-refractivity contribution in [2.24, 2.45) is 5.73 Å². The number of aryl methyl sites for hydroxylation is 3. The number of unbranched alkanes of at least 4 members (excludes halogenated alkanes) is 1. The van der Waals surface area contributed by atoms with Crippen LogP contribution >= 0.6 is 0 Å². The van der Waals surface area contributed by atoms with E-state index in [0.29, 0.717) is 6.54 Å². The first kappa shape index (κ1) is 13.1. The maximum absolute atomic E-state index is 5.69. The van der Waals surface area contributed by atoms with Crippen LogP contribution in [0, 0.1) is 13.8 Å². The predicted molar refractivity (Wildman–Crippen MR) is 76.9 cm³/mol. The number of rotatable bonds is 5. The molecular formula is C15H23N3. The van der Waals surface area contributed by atoms with E-state index in [1.54, 1.807) is 0 Å². The van der Waals surface area contributed by atoms with Crippen molar-refractivity contribution in [3.05, 3.63) is 29.1 Å². The monoisotopic (exact) mass is 245 g/mol. The van der Waals surface area contributed by atoms with Gasteiger partial charge in [0, 0.05) is 13.0 Å². The quantitative estimate of drug-likeness (QED) is 0.880. The van der Waals surface area contributed by atoms with Gasteiger partial charge in [0.25, 0.3) is 0 Å². The number of hydrogen-bond donors (Lipinski definition) is 1. The predicted octanol–water partition coefficient (Wildman–Crippen LogP) is 2.95. The third-order valence-electron chi connectivity index (χ3n) is 3.55. The van der Waals surface area contributed by atoms with Crippen molar-refractivity contribution in [2.75, 3.05) is 6.54 Å². The lowest BCUT2D eigenvalue weighted by molar-refractivity contribution is 0.615. The van der Waals surface area contributed by atoms with Crippen molar-refractivity contribution in [1.82, 2.24) is 9.55 Å². The van der Waals surface area contributed by atoms with Crippen molar-refractivity contribution in [1.29, 1.82) is 0 Å². The topological polar surface area (TPSA) is 43.8 Å². The van der Waals surface area contributed by atoms with Gasteiger partial charge in [0.05, 0.1) is 11.0 Å². The minimum atomic E-state index is 0.660. The van der Waals surface area contributed by atoms with E-state index in [2.05, 4.69) is 37.5 Å². The van der Waals surface area contributed by atoms with Gasteiger partial charge in [-0.3, -0.25) is 0 Å². The van der Waals surface area contributed by atoms with E-state index in [0.717, 1.165) is 24.3 Å². The number of imidazole rings is 1. The fraction of sp³-hybridized carbons (Fsp3) is 0.533. The highest BCUT2D eigenvalue weighted by Crippen LogP contribution is 2.21. The number of nitrogens with two attached hydrogens (primary N) is 1. The van der Waals surface area contributed by atoms with Crippen LogP contribution in [0.3, 0.4) is 0 Å². The molecule has 0 saturated heterocycles. The Balaban J connectivity index is 2.53. The largest absolute Gasteiger partial charge is 0.330 e. The number of benzene rings is 1. The van der Waals surface area contributed by atoms with Gasteiger partial charge in [-0.05, 0) is 50.1 Å². The summed E-state index contributed by atoms with van der Waals surface area (Å²) >= 11 is 0. The molecule has 0 aliphatic rings. The molecule has 18 heavy (non-hydrogen) atoms. The van der Waals surface area contributed by atoms with Crippen LogP contribution in [0.5, 0.6) is 0 Å². The molecule has 2 rings (SSSR count). The standard InChI is InChI=1S/C15H23N3/c1-4-5-8-18-14-10-12(3)11(2)9-13(14)17-15(18)6-7-16/h9-10H,4-8,16H2,1-3H3. The molecule has 0 amide bonds. The summed E-state index contributed by atoms with van der Waals surface area (Å²) in [5.41, 5.74) is 10.7. The molecule has 0 fully saturated rings. The van der Waals surface area contributed by atoms with Gasteiger partial charge in [0.1, 0.15) is 5.82 Å². The average molecular weight is 245 g/mol. The molecule has 0 radical (unpaired) electrons. The van der Waals surface area contributed by atoms with Crippen molar-refractivity contribution in [3.63, 3.8) is 0 Å². The molecule has 3 nitrogen and oxygen atoms in total. The molecule has 1 aromatic heterocycles. The molecule has 0 atom stereocenters. The Morgan fingerprint density at radius 3 is 2.61 bits per heavy atom. The van der Waals surface area contributed by atoms with Gasteiger partial charge in [-0.1, -0.05) is 13.3 Å². The molecule has 0 spiro atoms. The van der Waals surface area contributed by atoms with Gasteiger partial charge in [-0.15, -0.1) is 0 Å². The van der Waals surface area contributed by atoms with Crippen molar-refractivity contribution >= 4 is 11.0 Å². The Labute approximate surface area is 109 Å². The van der Waals surface area contributed by atoms with Gasteiger partial charge in [-0.25, -0.2) is 4.98 Å². The van der Waals surface area contributed by atoms with E-state index in [4.69, 9.17) is 10.7 Å². The smallest absolute Gasteiger partial charge is 0.111 e. The first-order valence-electron chi connectivity index (χ1n) is 6.83. The van der Waals surface area contributed by atoms with Gasteiger partial charge in [-0.2, -0.15) is 0 Å². The summed E-state index contributed by atoms with van der Waals surface area (Å²) in [7, 11) is 0. The van der Waals surface area contributed by atoms with Crippen molar-refractivity contribution < 1.29 is 0 Å². The van der Waals surface area contributed by atoms with E-state index in [-0.39, 0.29) is 0 Å². The molecule has 1 heterocycles. The third-order valence-corrected chi connectivity index (χ3v) is 3.55. The number of fused-ring (bicyclic) bond motifs is 1. The minimum absolute atomic E-state index is 0.660. The summed E-state index contributed by atoms with van der Waals surface area (Å²) in [6.45, 7) is 8.23. The second-order valence-corrected chi connectivity index (χ2v) is 5.00. The number of hydrogen-bond acceptors (Lipinski definition) is 2. The fourth-order valence-corrected chi connectivity index (χ4v) is 2.32. The van der Waals surface area contributed by atoms with Crippen LogP contribution in [-0.4, -0.2) is 16.1 Å². The molecule has 0 unspecified atom stereocenters. The molecule has 3 heteroatoms. The molecule has 0 aliphatic heterocycles. The zero-order valence-corrected chi connectivity index (χ0v) is 11.7. The van der Waals surface area contributed by atoms with Crippen LogP contribution in [0.4, 0.5) is 0 Å². The molecule has 2 N–H and O–H groups in total. The molecule has 98 valence electrons. The molecular weight excluding hydrogens is 222 g/mol. The van der Waals surface area contributed by atoms with Crippen molar-refractivity contribution in [2.45, 2.75) is 46.6 Å². The van der Waals surface area contributed by atoms with Crippen LogP contribution in [0.1, 0.15) is 36.7 Å². The Morgan fingerprint density at radius 2 is 1.94 bits per heavy atom. The highest BCUT2D eigenvalue weighted by molar-refractivity contribution is 5.78. The maximum Gasteiger partial charge on any atom is 0.111 e. The molecule has 0 saturated carbocycles. The van der Waals surface area contributed by atoms with Crippen LogP contribution in [0.25, 0.3) is 11.0 Å². The summed E-state index contributed by atoms with van der Waals surface area (Å²) in [5.74, 6) is 1.13. The SMILES string of the molecule is CCCCn1c(CCN)nc2cc(C)c(C)cc21. The van der Waals surface area contributed by atoms with Crippen LogP contribution in [0.2, 0.25) is 0 Å². The van der Waals surface area contributed by atoms with Crippen LogP contribution < -0.4 is 5.73 Å². The highest BCUT2D eigenvalue weighted by atomic mass is 15.1. The molecule has 2 aromatic rings. The van der Waals surface area contributed by atoms with E-state index in [1.807, 2.05) is 0 Å². The van der Waals surface area contributed by atoms with Gasteiger partial charge < -0.3 is 10.3 Å². The lowest BCUT2D eigenvalue weighted by Gasteiger charge is -2.08. The zero-order chi connectivity index (χ0) is 13.1. The van der Waals surface area contributed by atoms with E-state index in [1.165, 1.54) is 29.5 Å².